The van der Waals surface area contributed by atoms with Crippen LogP contribution in [0.4, 0.5) is 0 Å². The molecule has 1 atom stereocenters. The lowest BCUT2D eigenvalue weighted by molar-refractivity contribution is 0.0170. The van der Waals surface area contributed by atoms with Gasteiger partial charge in [-0.15, -0.1) is 24.0 Å². The normalized spacial score (nSPS) is 20.4. The second-order valence-corrected chi connectivity index (χ2v) is 9.02. The molecule has 31 heavy (non-hydrogen) atoms. The van der Waals surface area contributed by atoms with Gasteiger partial charge in [-0.3, -0.25) is 9.89 Å². The number of guanidine groups is 1. The van der Waals surface area contributed by atoms with Crippen molar-refractivity contribution in [3.63, 3.8) is 0 Å². The van der Waals surface area contributed by atoms with Crippen LogP contribution in [-0.2, 0) is 9.47 Å². The molecule has 2 saturated heterocycles. The van der Waals surface area contributed by atoms with Crippen molar-refractivity contribution in [2.75, 3.05) is 73.0 Å². The molecule has 2 aliphatic heterocycles. The largest absolute Gasteiger partial charge is 0.497 e. The molecule has 0 saturated carbocycles. The highest BCUT2D eigenvalue weighted by molar-refractivity contribution is 14.0. The molecule has 0 bridgehead atoms. The van der Waals surface area contributed by atoms with E-state index < -0.39 is 0 Å². The third-order valence-electron chi connectivity index (χ3n) is 6.09. The number of nitrogens with zero attached hydrogens (tertiary/aromatic N) is 2. The first-order chi connectivity index (χ1) is 14.7. The van der Waals surface area contributed by atoms with Gasteiger partial charge in [-0.05, 0) is 36.8 Å². The first-order valence-electron chi connectivity index (χ1n) is 10.7. The van der Waals surface area contributed by atoms with Crippen molar-refractivity contribution in [3.05, 3.63) is 29.8 Å². The quantitative estimate of drug-likeness (QED) is 0.286. The van der Waals surface area contributed by atoms with Crippen LogP contribution in [0.15, 0.2) is 29.3 Å². The average molecular weight is 565 g/mol. The van der Waals surface area contributed by atoms with Crippen LogP contribution in [0.3, 0.4) is 0 Å². The highest BCUT2D eigenvalue weighted by atomic mass is 127. The SMILES string of the molecule is CN=C(NCC(c1ccc(OC)cc1)N1CCOCC1)NCC1(SC)CCOCC1.I. The number of thioether (sulfide) groups is 1. The molecule has 1 aromatic carbocycles. The van der Waals surface area contributed by atoms with Crippen LogP contribution in [0.2, 0.25) is 0 Å². The van der Waals surface area contributed by atoms with Crippen LogP contribution in [-0.4, -0.2) is 88.6 Å². The molecule has 2 N–H and O–H groups in total. The third-order valence-corrected chi connectivity index (χ3v) is 7.51. The Bertz CT molecular complexity index is 665. The molecule has 9 heteroatoms. The van der Waals surface area contributed by atoms with Crippen LogP contribution >= 0.6 is 35.7 Å². The highest BCUT2D eigenvalue weighted by Crippen LogP contribution is 2.33. The van der Waals surface area contributed by atoms with Gasteiger partial charge in [-0.1, -0.05) is 12.1 Å². The first kappa shape index (κ1) is 26.5. The van der Waals surface area contributed by atoms with E-state index in [1.54, 1.807) is 7.11 Å². The van der Waals surface area contributed by atoms with Gasteiger partial charge in [-0.25, -0.2) is 0 Å². The Morgan fingerprint density at radius 2 is 1.77 bits per heavy atom. The number of hydrogen-bond acceptors (Lipinski definition) is 6. The fourth-order valence-electron chi connectivity index (χ4n) is 4.03. The summed E-state index contributed by atoms with van der Waals surface area (Å²) in [6.45, 7) is 6.76. The van der Waals surface area contributed by atoms with E-state index in [4.69, 9.17) is 14.2 Å². The number of benzene rings is 1. The number of methoxy groups -OCH3 is 1. The Morgan fingerprint density at radius 1 is 1.13 bits per heavy atom. The molecule has 0 amide bonds. The van der Waals surface area contributed by atoms with Crippen LogP contribution in [0.1, 0.15) is 24.4 Å². The number of hydrogen-bond donors (Lipinski definition) is 2. The number of aliphatic imine (C=N–C) groups is 1. The fraction of sp³-hybridized carbons (Fsp3) is 0.682. The maximum atomic E-state index is 5.57. The van der Waals surface area contributed by atoms with E-state index in [9.17, 15) is 0 Å². The van der Waals surface area contributed by atoms with E-state index in [1.165, 1.54) is 5.56 Å². The second kappa shape index (κ2) is 13.7. The minimum atomic E-state index is 0. The number of morpholine rings is 1. The summed E-state index contributed by atoms with van der Waals surface area (Å²) in [4.78, 5) is 6.95. The zero-order chi connectivity index (χ0) is 21.2. The zero-order valence-corrected chi connectivity index (χ0v) is 22.0. The Kier molecular flexibility index (Phi) is 11.7. The first-order valence-corrected chi connectivity index (χ1v) is 12.0. The van der Waals surface area contributed by atoms with Crippen molar-refractivity contribution in [2.24, 2.45) is 4.99 Å². The minimum Gasteiger partial charge on any atom is -0.497 e. The molecule has 2 fully saturated rings. The highest BCUT2D eigenvalue weighted by Gasteiger charge is 2.32. The lowest BCUT2D eigenvalue weighted by Crippen LogP contribution is -2.50. The van der Waals surface area contributed by atoms with Crippen molar-refractivity contribution < 1.29 is 14.2 Å². The summed E-state index contributed by atoms with van der Waals surface area (Å²) < 4.78 is 16.7. The molecule has 3 rings (SSSR count). The number of ether oxygens (including phenoxy) is 3. The summed E-state index contributed by atoms with van der Waals surface area (Å²) in [5.74, 6) is 1.73. The van der Waals surface area contributed by atoms with Crippen molar-refractivity contribution in [3.8, 4) is 5.75 Å². The summed E-state index contributed by atoms with van der Waals surface area (Å²) in [6.07, 6.45) is 4.34. The Balaban J connectivity index is 0.00000341. The predicted molar refractivity (Wildman–Crippen MR) is 139 cm³/mol. The van der Waals surface area contributed by atoms with Gasteiger partial charge in [0.2, 0.25) is 0 Å². The Labute approximate surface area is 208 Å². The number of rotatable bonds is 8. The molecule has 176 valence electrons. The van der Waals surface area contributed by atoms with Gasteiger partial charge in [0, 0.05) is 51.2 Å². The topological polar surface area (TPSA) is 67.4 Å². The van der Waals surface area contributed by atoms with Crippen molar-refractivity contribution >= 4 is 41.7 Å². The van der Waals surface area contributed by atoms with Crippen LogP contribution in [0, 0.1) is 0 Å². The van der Waals surface area contributed by atoms with E-state index in [0.29, 0.717) is 0 Å². The average Bonchev–Trinajstić information content (AvgIpc) is 2.83. The van der Waals surface area contributed by atoms with Gasteiger partial charge in [0.25, 0.3) is 0 Å². The number of halogens is 1. The summed E-state index contributed by atoms with van der Waals surface area (Å²) in [7, 11) is 3.54. The van der Waals surface area contributed by atoms with E-state index in [-0.39, 0.29) is 34.8 Å². The Morgan fingerprint density at radius 3 is 2.35 bits per heavy atom. The van der Waals surface area contributed by atoms with Gasteiger partial charge >= 0.3 is 0 Å². The van der Waals surface area contributed by atoms with Gasteiger partial charge in [0.1, 0.15) is 5.75 Å². The molecule has 7 nitrogen and oxygen atoms in total. The second-order valence-electron chi connectivity index (χ2n) is 7.74. The molecule has 0 aromatic heterocycles. The molecule has 2 heterocycles. The number of nitrogens with one attached hydrogen (secondary N) is 2. The molecule has 1 aromatic rings. The fourth-order valence-corrected chi connectivity index (χ4v) is 4.82. The van der Waals surface area contributed by atoms with Gasteiger partial charge in [0.15, 0.2) is 5.96 Å². The lowest BCUT2D eigenvalue weighted by Gasteiger charge is -2.37. The molecule has 0 spiro atoms. The predicted octanol–water partition coefficient (Wildman–Crippen LogP) is 2.76. The third kappa shape index (κ3) is 7.66. The monoisotopic (exact) mass is 564 g/mol. The van der Waals surface area contributed by atoms with Crippen molar-refractivity contribution in [1.82, 2.24) is 15.5 Å². The summed E-state index contributed by atoms with van der Waals surface area (Å²) in [5.41, 5.74) is 1.27. The summed E-state index contributed by atoms with van der Waals surface area (Å²) in [5, 5.41) is 7.12. The van der Waals surface area contributed by atoms with Gasteiger partial charge in [0.05, 0.1) is 26.4 Å². The van der Waals surface area contributed by atoms with Gasteiger partial charge in [-0.2, -0.15) is 11.8 Å². The van der Waals surface area contributed by atoms with Crippen molar-refractivity contribution in [1.29, 1.82) is 0 Å². The molecular formula is C22H37IN4O3S. The zero-order valence-electron chi connectivity index (χ0n) is 18.9. The van der Waals surface area contributed by atoms with E-state index in [2.05, 4.69) is 38.9 Å². The smallest absolute Gasteiger partial charge is 0.191 e. The molecule has 0 radical (unpaired) electrons. The molecular weight excluding hydrogens is 527 g/mol. The maximum Gasteiger partial charge on any atom is 0.191 e. The summed E-state index contributed by atoms with van der Waals surface area (Å²) >= 11 is 1.93. The maximum absolute atomic E-state index is 5.57. The van der Waals surface area contributed by atoms with E-state index in [1.807, 2.05) is 30.9 Å². The molecule has 0 aliphatic carbocycles. The van der Waals surface area contributed by atoms with Gasteiger partial charge < -0.3 is 24.8 Å². The minimum absolute atomic E-state index is 0. The molecule has 1 unspecified atom stereocenters. The van der Waals surface area contributed by atoms with Crippen LogP contribution in [0.5, 0.6) is 5.75 Å². The van der Waals surface area contributed by atoms with E-state index >= 15 is 0 Å². The standard InChI is InChI=1S/C22H36N4O3S.HI/c1-23-21(25-17-22(30-3)8-12-28-13-9-22)24-16-20(26-10-14-29-15-11-26)18-4-6-19(27-2)7-5-18;/h4-7,20H,8-17H2,1-3H3,(H2,23,24,25);1H. The van der Waals surface area contributed by atoms with Crippen LogP contribution in [0.25, 0.3) is 0 Å². The lowest BCUT2D eigenvalue weighted by atomic mass is 9.99. The van der Waals surface area contributed by atoms with E-state index in [0.717, 1.165) is 77.2 Å². The Hall–Kier alpha value is -0.750. The molecule has 2 aliphatic rings. The summed E-state index contributed by atoms with van der Waals surface area (Å²) in [6, 6.07) is 8.62. The van der Waals surface area contributed by atoms with Crippen molar-refractivity contribution in [2.45, 2.75) is 23.6 Å². The van der Waals surface area contributed by atoms with Crippen LogP contribution < -0.4 is 15.4 Å².